The van der Waals surface area contributed by atoms with Crippen molar-refractivity contribution in [3.63, 3.8) is 0 Å². The Hall–Kier alpha value is -0.160. The maximum absolute atomic E-state index is 5.56. The van der Waals surface area contributed by atoms with Crippen LogP contribution in [0.2, 0.25) is 0 Å². The highest BCUT2D eigenvalue weighted by Crippen LogP contribution is 2.49. The molecule has 1 saturated heterocycles. The molecule has 1 saturated carbocycles. The lowest BCUT2D eigenvalue weighted by Crippen LogP contribution is -2.20. The fourth-order valence-electron chi connectivity index (χ4n) is 2.05. The highest BCUT2D eigenvalue weighted by atomic mass is 16.7. The second kappa shape index (κ2) is 4.57. The molecule has 0 aromatic heterocycles. The summed E-state index contributed by atoms with van der Waals surface area (Å²) in [7, 11) is 1.66. The van der Waals surface area contributed by atoms with Crippen LogP contribution >= 0.6 is 0 Å². The van der Waals surface area contributed by atoms with Crippen LogP contribution in [0.4, 0.5) is 0 Å². The van der Waals surface area contributed by atoms with E-state index in [2.05, 4.69) is 0 Å². The van der Waals surface area contributed by atoms with Crippen molar-refractivity contribution in [3.8, 4) is 0 Å². The minimum absolute atomic E-state index is 0.0740. The van der Waals surface area contributed by atoms with Crippen molar-refractivity contribution in [3.05, 3.63) is 0 Å². The summed E-state index contributed by atoms with van der Waals surface area (Å²) in [6, 6.07) is 0. The monoisotopic (exact) mass is 202 g/mol. The number of epoxide rings is 1. The van der Waals surface area contributed by atoms with Gasteiger partial charge < -0.3 is 18.9 Å². The molecule has 14 heavy (non-hydrogen) atoms. The molecule has 1 heterocycles. The van der Waals surface area contributed by atoms with Crippen LogP contribution < -0.4 is 0 Å². The summed E-state index contributed by atoms with van der Waals surface area (Å²) < 4.78 is 21.0. The lowest BCUT2D eigenvalue weighted by molar-refractivity contribution is -0.0787. The zero-order chi connectivity index (χ0) is 9.86. The third-order valence-corrected chi connectivity index (χ3v) is 2.92. The lowest BCUT2D eigenvalue weighted by atomic mass is 10.1. The maximum Gasteiger partial charge on any atom is 0.146 e. The molecule has 0 spiro atoms. The molecule has 2 atom stereocenters. The Morgan fingerprint density at radius 1 is 1.36 bits per heavy atom. The van der Waals surface area contributed by atoms with Crippen LogP contribution in [0.3, 0.4) is 0 Å². The zero-order valence-electron chi connectivity index (χ0n) is 8.66. The first kappa shape index (κ1) is 10.4. The summed E-state index contributed by atoms with van der Waals surface area (Å²) in [5, 5.41) is 0. The third kappa shape index (κ3) is 2.25. The van der Waals surface area contributed by atoms with Crippen molar-refractivity contribution in [1.82, 2.24) is 0 Å². The third-order valence-electron chi connectivity index (χ3n) is 2.92. The Morgan fingerprint density at radius 2 is 2.29 bits per heavy atom. The molecule has 4 heteroatoms. The Labute approximate surface area is 84.5 Å². The van der Waals surface area contributed by atoms with Crippen molar-refractivity contribution in [2.75, 3.05) is 33.7 Å². The lowest BCUT2D eigenvalue weighted by Gasteiger charge is -2.09. The van der Waals surface area contributed by atoms with Gasteiger partial charge >= 0.3 is 0 Å². The molecule has 82 valence electrons. The quantitative estimate of drug-likeness (QED) is 0.350. The topological polar surface area (TPSA) is 40.2 Å². The van der Waals surface area contributed by atoms with Crippen molar-refractivity contribution in [2.24, 2.45) is 0 Å². The first-order valence-corrected chi connectivity index (χ1v) is 5.20. The van der Waals surface area contributed by atoms with Gasteiger partial charge in [0.05, 0.1) is 25.9 Å². The number of hydrogen-bond acceptors (Lipinski definition) is 4. The number of ether oxygens (including phenoxy) is 4. The molecule has 0 amide bonds. The zero-order valence-corrected chi connectivity index (χ0v) is 8.66. The highest BCUT2D eigenvalue weighted by Gasteiger charge is 2.59. The fourth-order valence-corrected chi connectivity index (χ4v) is 2.05. The first-order valence-electron chi connectivity index (χ1n) is 5.20. The number of methoxy groups -OCH3 is 1. The van der Waals surface area contributed by atoms with E-state index < -0.39 is 0 Å². The van der Waals surface area contributed by atoms with Crippen LogP contribution in [0.5, 0.6) is 0 Å². The van der Waals surface area contributed by atoms with E-state index in [0.29, 0.717) is 32.7 Å². The number of rotatable bonds is 7. The molecule has 2 aliphatic rings. The fraction of sp³-hybridized carbons (Fsp3) is 1.00. The van der Waals surface area contributed by atoms with Crippen molar-refractivity contribution < 1.29 is 18.9 Å². The normalized spacial score (nSPS) is 34.5. The minimum atomic E-state index is 0.0740. The van der Waals surface area contributed by atoms with Gasteiger partial charge in [-0.25, -0.2) is 0 Å². The van der Waals surface area contributed by atoms with E-state index in [-0.39, 0.29) is 5.60 Å². The number of hydrogen-bond donors (Lipinski definition) is 0. The Balaban J connectivity index is 1.48. The second-order valence-corrected chi connectivity index (χ2v) is 3.93. The summed E-state index contributed by atoms with van der Waals surface area (Å²) in [4.78, 5) is 0. The van der Waals surface area contributed by atoms with E-state index in [1.165, 1.54) is 12.8 Å². The summed E-state index contributed by atoms with van der Waals surface area (Å²) in [5.41, 5.74) is 0.0740. The van der Waals surface area contributed by atoms with Gasteiger partial charge in [0, 0.05) is 7.11 Å². The van der Waals surface area contributed by atoms with Crippen LogP contribution in [-0.2, 0) is 18.9 Å². The Morgan fingerprint density at radius 3 is 2.93 bits per heavy atom. The van der Waals surface area contributed by atoms with Crippen molar-refractivity contribution in [1.29, 1.82) is 0 Å². The predicted octanol–water partition coefficient (Wildman–Crippen LogP) is 0.945. The number of fused-ring (bicyclic) bond motifs is 1. The summed E-state index contributed by atoms with van der Waals surface area (Å²) in [5.74, 6) is 0. The smallest absolute Gasteiger partial charge is 0.146 e. The molecule has 0 unspecified atom stereocenters. The van der Waals surface area contributed by atoms with Gasteiger partial charge in [0.15, 0.2) is 0 Å². The van der Waals surface area contributed by atoms with Gasteiger partial charge in [0.2, 0.25) is 0 Å². The summed E-state index contributed by atoms with van der Waals surface area (Å²) >= 11 is 0. The van der Waals surface area contributed by atoms with Crippen LogP contribution in [0.1, 0.15) is 19.3 Å². The van der Waals surface area contributed by atoms with E-state index >= 15 is 0 Å². The van der Waals surface area contributed by atoms with E-state index in [1.807, 2.05) is 0 Å². The van der Waals surface area contributed by atoms with Gasteiger partial charge in [0.25, 0.3) is 0 Å². The molecule has 2 fully saturated rings. The first-order chi connectivity index (χ1) is 6.87. The molecule has 4 nitrogen and oxygen atoms in total. The Kier molecular flexibility index (Phi) is 3.38. The van der Waals surface area contributed by atoms with E-state index in [0.717, 1.165) is 6.42 Å². The average molecular weight is 202 g/mol. The average Bonchev–Trinajstić information content (AvgIpc) is 2.75. The summed E-state index contributed by atoms with van der Waals surface area (Å²) in [6.45, 7) is 2.24. The molecule has 2 rings (SSSR count). The molecule has 0 aromatic rings. The van der Waals surface area contributed by atoms with E-state index in [1.54, 1.807) is 7.11 Å². The van der Waals surface area contributed by atoms with Crippen molar-refractivity contribution in [2.45, 2.75) is 31.0 Å². The van der Waals surface area contributed by atoms with Crippen LogP contribution in [-0.4, -0.2) is 45.4 Å². The van der Waals surface area contributed by atoms with Crippen LogP contribution in [0.15, 0.2) is 0 Å². The molecule has 0 aromatic carbocycles. The molecule has 0 radical (unpaired) electrons. The van der Waals surface area contributed by atoms with Crippen LogP contribution in [0.25, 0.3) is 0 Å². The van der Waals surface area contributed by atoms with Gasteiger partial charge in [-0.05, 0) is 19.3 Å². The molecule has 1 aliphatic heterocycles. The van der Waals surface area contributed by atoms with Gasteiger partial charge in [-0.2, -0.15) is 0 Å². The van der Waals surface area contributed by atoms with E-state index in [9.17, 15) is 0 Å². The minimum Gasteiger partial charge on any atom is -0.382 e. The second-order valence-electron chi connectivity index (χ2n) is 3.93. The highest BCUT2D eigenvalue weighted by molar-refractivity contribution is 5.07. The van der Waals surface area contributed by atoms with Gasteiger partial charge in [0.1, 0.15) is 12.4 Å². The molecule has 0 N–H and O–H groups in total. The molecule has 1 aliphatic carbocycles. The van der Waals surface area contributed by atoms with Gasteiger partial charge in [-0.1, -0.05) is 0 Å². The molecular formula is C10H18O4. The largest absolute Gasteiger partial charge is 0.382 e. The van der Waals surface area contributed by atoms with Gasteiger partial charge in [-0.15, -0.1) is 0 Å². The molecule has 0 bridgehead atoms. The van der Waals surface area contributed by atoms with Crippen molar-refractivity contribution >= 4 is 0 Å². The standard InChI is InChI=1S/C10H18O4/c1-11-5-6-12-8-13-7-10-4-2-3-9(10)14-10/h9H,2-8H2,1H3/t9-,10-/m0/s1. The SMILES string of the molecule is COCCOCOC[C@@]12CCC[C@@H]1O2. The molecular weight excluding hydrogens is 184 g/mol. The predicted molar refractivity (Wildman–Crippen MR) is 50.1 cm³/mol. The Bertz CT molecular complexity index is 185. The maximum atomic E-state index is 5.56. The van der Waals surface area contributed by atoms with Crippen LogP contribution in [0, 0.1) is 0 Å². The summed E-state index contributed by atoms with van der Waals surface area (Å²) in [6.07, 6.45) is 4.10. The van der Waals surface area contributed by atoms with Gasteiger partial charge in [-0.3, -0.25) is 0 Å². The van der Waals surface area contributed by atoms with E-state index in [4.69, 9.17) is 18.9 Å².